The molecule has 3 aromatic rings. The molecule has 0 radical (unpaired) electrons. The Bertz CT molecular complexity index is 1180. The van der Waals surface area contributed by atoms with Crippen molar-refractivity contribution in [2.24, 2.45) is 5.73 Å². The van der Waals surface area contributed by atoms with Crippen LogP contribution in [0.4, 0.5) is 22.9 Å². The molecule has 1 aliphatic rings. The highest BCUT2D eigenvalue weighted by Gasteiger charge is 2.29. The second-order valence-corrected chi connectivity index (χ2v) is 9.07. The molecule has 36 heavy (non-hydrogen) atoms. The van der Waals surface area contributed by atoms with Crippen molar-refractivity contribution in [1.82, 2.24) is 15.6 Å². The second kappa shape index (κ2) is 11.5. The third kappa shape index (κ3) is 6.31. The van der Waals surface area contributed by atoms with Crippen LogP contribution in [0.25, 0.3) is 0 Å². The predicted molar refractivity (Wildman–Crippen MR) is 144 cm³/mol. The van der Waals surface area contributed by atoms with Gasteiger partial charge in [0.15, 0.2) is 0 Å². The number of nitrogens with zero attached hydrogens (tertiary/aromatic N) is 2. The van der Waals surface area contributed by atoms with E-state index >= 15 is 0 Å². The number of nitrogens with one attached hydrogen (secondary N) is 4. The topological polar surface area (TPSA) is 124 Å². The standard InChI is InChI=1S/C27H33N7O2/c1-18(2)32-27(36)24-17-29-12-13-34(24)21-10-8-20(9-11-21)33-25-14-23(22(16-31-25)26(28)35)30-15-19-6-4-3-5-7-19/h3-11,14,16,18,24,29H,12-13,15,17H2,1-2H3,(H2,28,35)(H,32,36)(H2,30,31,33). The minimum absolute atomic E-state index is 0.0219. The lowest BCUT2D eigenvalue weighted by molar-refractivity contribution is -0.123. The molecule has 1 aliphatic heterocycles. The SMILES string of the molecule is CC(C)NC(=O)C1CNCCN1c1ccc(Nc2cc(NCc3ccccc3)c(C(N)=O)cn2)cc1. The number of rotatable bonds is 9. The molecule has 0 aliphatic carbocycles. The smallest absolute Gasteiger partial charge is 0.252 e. The summed E-state index contributed by atoms with van der Waals surface area (Å²) in [6, 6.07) is 19.4. The molecule has 1 unspecified atom stereocenters. The molecule has 9 heteroatoms. The van der Waals surface area contributed by atoms with Crippen LogP contribution in [-0.4, -0.2) is 48.5 Å². The molecular formula is C27H33N7O2. The van der Waals surface area contributed by atoms with Crippen LogP contribution in [0.3, 0.4) is 0 Å². The van der Waals surface area contributed by atoms with Gasteiger partial charge in [-0.2, -0.15) is 0 Å². The molecule has 0 spiro atoms. The van der Waals surface area contributed by atoms with Crippen molar-refractivity contribution in [1.29, 1.82) is 0 Å². The van der Waals surface area contributed by atoms with Crippen LogP contribution in [0, 0.1) is 0 Å². The van der Waals surface area contributed by atoms with Crippen molar-refractivity contribution >= 4 is 34.7 Å². The second-order valence-electron chi connectivity index (χ2n) is 9.07. The van der Waals surface area contributed by atoms with Crippen LogP contribution in [0.2, 0.25) is 0 Å². The maximum absolute atomic E-state index is 12.7. The predicted octanol–water partition coefficient (Wildman–Crippen LogP) is 2.84. The lowest BCUT2D eigenvalue weighted by atomic mass is 10.1. The van der Waals surface area contributed by atoms with Crippen molar-refractivity contribution in [3.63, 3.8) is 0 Å². The van der Waals surface area contributed by atoms with Gasteiger partial charge in [0.1, 0.15) is 11.9 Å². The number of aromatic nitrogens is 1. The Morgan fingerprint density at radius 1 is 1.14 bits per heavy atom. The van der Waals surface area contributed by atoms with Crippen molar-refractivity contribution in [2.75, 3.05) is 35.2 Å². The molecule has 4 rings (SSSR count). The minimum atomic E-state index is -0.541. The van der Waals surface area contributed by atoms with Gasteiger partial charge in [-0.1, -0.05) is 30.3 Å². The van der Waals surface area contributed by atoms with E-state index in [0.29, 0.717) is 30.2 Å². The lowest BCUT2D eigenvalue weighted by Crippen LogP contribution is -2.58. The number of anilines is 4. The lowest BCUT2D eigenvalue weighted by Gasteiger charge is -2.37. The first-order chi connectivity index (χ1) is 17.4. The van der Waals surface area contributed by atoms with Crippen molar-refractivity contribution in [2.45, 2.75) is 32.5 Å². The Balaban J connectivity index is 1.47. The number of amides is 2. The first kappa shape index (κ1) is 25.0. The molecule has 1 atom stereocenters. The van der Waals surface area contributed by atoms with Crippen molar-refractivity contribution in [3.05, 3.63) is 78.0 Å². The largest absolute Gasteiger partial charge is 0.380 e. The maximum atomic E-state index is 12.7. The highest BCUT2D eigenvalue weighted by Crippen LogP contribution is 2.25. The Morgan fingerprint density at radius 2 is 1.89 bits per heavy atom. The number of hydrogen-bond acceptors (Lipinski definition) is 7. The van der Waals surface area contributed by atoms with Crippen LogP contribution in [0.5, 0.6) is 0 Å². The van der Waals surface area contributed by atoms with Crippen LogP contribution >= 0.6 is 0 Å². The molecule has 6 N–H and O–H groups in total. The van der Waals surface area contributed by atoms with E-state index < -0.39 is 5.91 Å². The van der Waals surface area contributed by atoms with E-state index in [4.69, 9.17) is 5.73 Å². The van der Waals surface area contributed by atoms with Crippen LogP contribution in [0.1, 0.15) is 29.8 Å². The fourth-order valence-corrected chi connectivity index (χ4v) is 4.17. The van der Waals surface area contributed by atoms with E-state index in [1.54, 1.807) is 6.07 Å². The van der Waals surface area contributed by atoms with Gasteiger partial charge < -0.3 is 31.9 Å². The average Bonchev–Trinajstić information content (AvgIpc) is 2.88. The third-order valence-electron chi connectivity index (χ3n) is 5.94. The molecule has 2 heterocycles. The first-order valence-corrected chi connectivity index (χ1v) is 12.1. The van der Waals surface area contributed by atoms with E-state index in [9.17, 15) is 9.59 Å². The summed E-state index contributed by atoms with van der Waals surface area (Å²) in [6.07, 6.45) is 1.48. The molecule has 1 saturated heterocycles. The number of nitrogens with two attached hydrogens (primary N) is 1. The molecule has 9 nitrogen and oxygen atoms in total. The number of benzene rings is 2. The summed E-state index contributed by atoms with van der Waals surface area (Å²) < 4.78 is 0. The number of primary amides is 1. The summed E-state index contributed by atoms with van der Waals surface area (Å²) in [5.41, 5.74) is 9.40. The van der Waals surface area contributed by atoms with E-state index in [2.05, 4.69) is 31.2 Å². The highest BCUT2D eigenvalue weighted by molar-refractivity contribution is 5.98. The zero-order valence-electron chi connectivity index (χ0n) is 20.6. The van der Waals surface area contributed by atoms with Gasteiger partial charge in [-0.05, 0) is 43.7 Å². The van der Waals surface area contributed by atoms with Crippen LogP contribution in [-0.2, 0) is 11.3 Å². The third-order valence-corrected chi connectivity index (χ3v) is 5.94. The first-order valence-electron chi connectivity index (χ1n) is 12.1. The normalized spacial score (nSPS) is 15.4. The summed E-state index contributed by atoms with van der Waals surface area (Å²) in [5, 5.41) is 12.9. The van der Waals surface area contributed by atoms with Crippen molar-refractivity contribution < 1.29 is 9.59 Å². The maximum Gasteiger partial charge on any atom is 0.252 e. The summed E-state index contributed by atoms with van der Waals surface area (Å²) in [6.45, 7) is 6.65. The molecule has 2 aromatic carbocycles. The van der Waals surface area contributed by atoms with Gasteiger partial charge in [0, 0.05) is 55.9 Å². The van der Waals surface area contributed by atoms with E-state index in [-0.39, 0.29) is 18.0 Å². The van der Waals surface area contributed by atoms with Crippen LogP contribution in [0.15, 0.2) is 66.9 Å². The fourth-order valence-electron chi connectivity index (χ4n) is 4.17. The van der Waals surface area contributed by atoms with Gasteiger partial charge in [0.2, 0.25) is 5.91 Å². The average molecular weight is 488 g/mol. The number of carbonyl (C=O) groups excluding carboxylic acids is 2. The van der Waals surface area contributed by atoms with Crippen LogP contribution < -0.4 is 31.9 Å². The Hall–Kier alpha value is -4.11. The van der Waals surface area contributed by atoms with Gasteiger partial charge in [-0.15, -0.1) is 0 Å². The van der Waals surface area contributed by atoms with Gasteiger partial charge in [0.05, 0.1) is 11.3 Å². The molecule has 2 amide bonds. The fraction of sp³-hybridized carbons (Fsp3) is 0.296. The van der Waals surface area contributed by atoms with E-state index in [1.165, 1.54) is 6.20 Å². The van der Waals surface area contributed by atoms with E-state index in [0.717, 1.165) is 30.0 Å². The molecular weight excluding hydrogens is 454 g/mol. The minimum Gasteiger partial charge on any atom is -0.380 e. The molecule has 0 saturated carbocycles. The Kier molecular flexibility index (Phi) is 8.02. The van der Waals surface area contributed by atoms with Gasteiger partial charge in [0.25, 0.3) is 5.91 Å². The number of piperazine rings is 1. The Morgan fingerprint density at radius 3 is 2.58 bits per heavy atom. The van der Waals surface area contributed by atoms with Gasteiger partial charge >= 0.3 is 0 Å². The number of pyridine rings is 1. The molecule has 1 aromatic heterocycles. The zero-order valence-corrected chi connectivity index (χ0v) is 20.6. The van der Waals surface area contributed by atoms with Gasteiger partial charge in [-0.3, -0.25) is 9.59 Å². The quantitative estimate of drug-likeness (QED) is 0.314. The number of carbonyl (C=O) groups is 2. The monoisotopic (exact) mass is 487 g/mol. The molecule has 1 fully saturated rings. The van der Waals surface area contributed by atoms with E-state index in [1.807, 2.05) is 68.4 Å². The zero-order chi connectivity index (χ0) is 25.5. The Labute approximate surface area is 211 Å². The molecule has 0 bridgehead atoms. The number of hydrogen-bond donors (Lipinski definition) is 5. The molecule has 188 valence electrons. The summed E-state index contributed by atoms with van der Waals surface area (Å²) in [4.78, 5) is 31.1. The highest BCUT2D eigenvalue weighted by atomic mass is 16.2. The van der Waals surface area contributed by atoms with Crippen molar-refractivity contribution in [3.8, 4) is 0 Å². The summed E-state index contributed by atoms with van der Waals surface area (Å²) in [5.74, 6) is 0.0643. The summed E-state index contributed by atoms with van der Waals surface area (Å²) in [7, 11) is 0. The van der Waals surface area contributed by atoms with Gasteiger partial charge in [-0.25, -0.2) is 4.98 Å². The summed E-state index contributed by atoms with van der Waals surface area (Å²) >= 11 is 0.